The Balaban J connectivity index is 1.55. The SMILES string of the molecule is COc1cc(CN2CCCC[C@@H]2c2nncn2CC2CC2)cc(OC)c1. The fourth-order valence-electron chi connectivity index (χ4n) is 3.91. The third kappa shape index (κ3) is 3.85. The van der Waals surface area contributed by atoms with Crippen molar-refractivity contribution in [3.8, 4) is 11.5 Å². The molecule has 1 atom stereocenters. The fourth-order valence-corrected chi connectivity index (χ4v) is 3.91. The summed E-state index contributed by atoms with van der Waals surface area (Å²) in [5, 5.41) is 8.72. The molecule has 0 unspecified atom stereocenters. The quantitative estimate of drug-likeness (QED) is 0.761. The van der Waals surface area contributed by atoms with Gasteiger partial charge in [-0.15, -0.1) is 10.2 Å². The first-order valence-electron chi connectivity index (χ1n) is 9.60. The molecule has 1 aliphatic carbocycles. The number of benzene rings is 1. The predicted molar refractivity (Wildman–Crippen MR) is 99.3 cm³/mol. The minimum Gasteiger partial charge on any atom is -0.497 e. The topological polar surface area (TPSA) is 52.4 Å². The second-order valence-corrected chi connectivity index (χ2v) is 7.49. The van der Waals surface area contributed by atoms with E-state index in [4.69, 9.17) is 9.47 Å². The minimum absolute atomic E-state index is 0.335. The van der Waals surface area contributed by atoms with Crippen LogP contribution >= 0.6 is 0 Å². The van der Waals surface area contributed by atoms with Crippen LogP contribution < -0.4 is 9.47 Å². The van der Waals surface area contributed by atoms with Crippen LogP contribution in [0.2, 0.25) is 0 Å². The lowest BCUT2D eigenvalue weighted by atomic mass is 10.00. The molecule has 2 heterocycles. The number of likely N-dealkylation sites (tertiary alicyclic amines) is 1. The van der Waals surface area contributed by atoms with E-state index < -0.39 is 0 Å². The first-order chi connectivity index (χ1) is 12.8. The van der Waals surface area contributed by atoms with Gasteiger partial charge in [-0.2, -0.15) is 0 Å². The summed E-state index contributed by atoms with van der Waals surface area (Å²) in [7, 11) is 3.39. The van der Waals surface area contributed by atoms with Gasteiger partial charge in [-0.3, -0.25) is 4.90 Å². The van der Waals surface area contributed by atoms with E-state index in [-0.39, 0.29) is 0 Å². The maximum Gasteiger partial charge on any atom is 0.150 e. The van der Waals surface area contributed by atoms with E-state index >= 15 is 0 Å². The number of nitrogens with zero attached hydrogens (tertiary/aromatic N) is 4. The first kappa shape index (κ1) is 17.3. The normalized spacial score (nSPS) is 20.9. The molecule has 0 spiro atoms. The van der Waals surface area contributed by atoms with Gasteiger partial charge in [0.2, 0.25) is 0 Å². The lowest BCUT2D eigenvalue weighted by molar-refractivity contribution is 0.130. The molecule has 0 N–H and O–H groups in total. The molecule has 140 valence electrons. The van der Waals surface area contributed by atoms with Gasteiger partial charge in [0.05, 0.1) is 20.3 Å². The third-order valence-electron chi connectivity index (χ3n) is 5.51. The zero-order valence-electron chi connectivity index (χ0n) is 15.7. The average Bonchev–Trinajstić information content (AvgIpc) is 3.37. The zero-order chi connectivity index (χ0) is 17.9. The Bertz CT molecular complexity index is 719. The smallest absolute Gasteiger partial charge is 0.150 e. The Labute approximate surface area is 155 Å². The molecule has 4 rings (SSSR count). The van der Waals surface area contributed by atoms with Crippen molar-refractivity contribution in [2.45, 2.75) is 51.2 Å². The van der Waals surface area contributed by atoms with E-state index in [9.17, 15) is 0 Å². The van der Waals surface area contributed by atoms with Crippen LogP contribution in [-0.2, 0) is 13.1 Å². The van der Waals surface area contributed by atoms with Crippen LogP contribution in [0.5, 0.6) is 11.5 Å². The average molecular weight is 356 g/mol. The first-order valence-corrected chi connectivity index (χ1v) is 9.60. The lowest BCUT2D eigenvalue weighted by Crippen LogP contribution is -2.34. The predicted octanol–water partition coefficient (Wildman–Crippen LogP) is 3.43. The van der Waals surface area contributed by atoms with Gasteiger partial charge in [0.15, 0.2) is 0 Å². The number of hydrogen-bond acceptors (Lipinski definition) is 5. The molecule has 1 aliphatic heterocycles. The second kappa shape index (κ2) is 7.66. The molecule has 0 radical (unpaired) electrons. The molecule has 1 saturated carbocycles. The highest BCUT2D eigenvalue weighted by atomic mass is 16.5. The van der Waals surface area contributed by atoms with Crippen LogP contribution in [0.25, 0.3) is 0 Å². The fraction of sp³-hybridized carbons (Fsp3) is 0.600. The van der Waals surface area contributed by atoms with Crippen molar-refractivity contribution in [3.05, 3.63) is 35.9 Å². The van der Waals surface area contributed by atoms with Crippen LogP contribution in [0, 0.1) is 5.92 Å². The summed E-state index contributed by atoms with van der Waals surface area (Å²) < 4.78 is 13.1. The van der Waals surface area contributed by atoms with Gasteiger partial charge in [-0.25, -0.2) is 0 Å². The number of hydrogen-bond donors (Lipinski definition) is 0. The van der Waals surface area contributed by atoms with Crippen molar-refractivity contribution >= 4 is 0 Å². The molecule has 0 amide bonds. The Morgan fingerprint density at radius 1 is 1.04 bits per heavy atom. The maximum atomic E-state index is 5.43. The highest BCUT2D eigenvalue weighted by molar-refractivity contribution is 5.38. The standard InChI is InChI=1S/C20H28N4O2/c1-25-17-9-16(10-18(11-17)26-2)13-23-8-4-3-5-19(23)20-22-21-14-24(20)12-15-6-7-15/h9-11,14-15,19H,3-8,12-13H2,1-2H3/t19-/m1/s1. The van der Waals surface area contributed by atoms with Crippen molar-refractivity contribution in [2.24, 2.45) is 5.92 Å². The van der Waals surface area contributed by atoms with Crippen LogP contribution in [0.3, 0.4) is 0 Å². The molecule has 2 aromatic rings. The van der Waals surface area contributed by atoms with Gasteiger partial charge >= 0.3 is 0 Å². The zero-order valence-corrected chi connectivity index (χ0v) is 15.7. The van der Waals surface area contributed by atoms with Crippen molar-refractivity contribution in [1.29, 1.82) is 0 Å². The van der Waals surface area contributed by atoms with Crippen molar-refractivity contribution in [1.82, 2.24) is 19.7 Å². The Morgan fingerprint density at radius 2 is 1.81 bits per heavy atom. The molecule has 6 nitrogen and oxygen atoms in total. The van der Waals surface area contributed by atoms with Gasteiger partial charge in [0.25, 0.3) is 0 Å². The van der Waals surface area contributed by atoms with E-state index in [1.54, 1.807) is 14.2 Å². The number of aromatic nitrogens is 3. The number of rotatable bonds is 7. The largest absolute Gasteiger partial charge is 0.497 e. The molecule has 2 aliphatic rings. The molecule has 2 fully saturated rings. The molecule has 1 saturated heterocycles. The molecular weight excluding hydrogens is 328 g/mol. The van der Waals surface area contributed by atoms with Gasteiger partial charge in [0.1, 0.15) is 23.7 Å². The number of methoxy groups -OCH3 is 2. The van der Waals surface area contributed by atoms with E-state index in [1.807, 2.05) is 12.4 Å². The van der Waals surface area contributed by atoms with Crippen molar-refractivity contribution < 1.29 is 9.47 Å². The number of ether oxygens (including phenoxy) is 2. The third-order valence-corrected chi connectivity index (χ3v) is 5.51. The molecular formula is C20H28N4O2. The van der Waals surface area contributed by atoms with Crippen molar-refractivity contribution in [2.75, 3.05) is 20.8 Å². The van der Waals surface area contributed by atoms with Gasteiger partial charge < -0.3 is 14.0 Å². The van der Waals surface area contributed by atoms with E-state index in [0.717, 1.165) is 49.3 Å². The maximum absolute atomic E-state index is 5.43. The highest BCUT2D eigenvalue weighted by Gasteiger charge is 2.30. The van der Waals surface area contributed by atoms with E-state index in [1.165, 1.54) is 31.2 Å². The minimum atomic E-state index is 0.335. The summed E-state index contributed by atoms with van der Waals surface area (Å²) >= 11 is 0. The van der Waals surface area contributed by atoms with Crippen LogP contribution in [0.15, 0.2) is 24.5 Å². The summed E-state index contributed by atoms with van der Waals surface area (Å²) in [5.41, 5.74) is 1.21. The number of piperidine rings is 1. The summed E-state index contributed by atoms with van der Waals surface area (Å²) in [6.07, 6.45) is 8.22. The van der Waals surface area contributed by atoms with Gasteiger partial charge in [0, 0.05) is 19.2 Å². The molecule has 1 aromatic carbocycles. The summed E-state index contributed by atoms with van der Waals surface area (Å²) in [5.74, 6) is 3.63. The molecule has 1 aromatic heterocycles. The molecule has 6 heteroatoms. The molecule has 26 heavy (non-hydrogen) atoms. The summed E-state index contributed by atoms with van der Waals surface area (Å²) in [6.45, 7) is 3.02. The van der Waals surface area contributed by atoms with Crippen molar-refractivity contribution in [3.63, 3.8) is 0 Å². The second-order valence-electron chi connectivity index (χ2n) is 7.49. The van der Waals surface area contributed by atoms with Gasteiger partial charge in [-0.1, -0.05) is 6.42 Å². The van der Waals surface area contributed by atoms with Crippen LogP contribution in [0.1, 0.15) is 49.5 Å². The Morgan fingerprint density at radius 3 is 2.50 bits per heavy atom. The Hall–Kier alpha value is -2.08. The van der Waals surface area contributed by atoms with Crippen LogP contribution in [-0.4, -0.2) is 40.4 Å². The van der Waals surface area contributed by atoms with Crippen LogP contribution in [0.4, 0.5) is 0 Å². The van der Waals surface area contributed by atoms with E-state index in [0.29, 0.717) is 6.04 Å². The molecule has 0 bridgehead atoms. The summed E-state index contributed by atoms with van der Waals surface area (Å²) in [4.78, 5) is 2.53. The van der Waals surface area contributed by atoms with Gasteiger partial charge in [-0.05, 0) is 55.8 Å². The van der Waals surface area contributed by atoms with E-state index in [2.05, 4.69) is 31.8 Å². The monoisotopic (exact) mass is 356 g/mol. The summed E-state index contributed by atoms with van der Waals surface area (Å²) in [6, 6.07) is 6.46. The Kier molecular flexibility index (Phi) is 5.11. The highest BCUT2D eigenvalue weighted by Crippen LogP contribution is 2.35. The lowest BCUT2D eigenvalue weighted by Gasteiger charge is -2.35.